The van der Waals surface area contributed by atoms with E-state index in [1.54, 1.807) is 60.5 Å². The number of carbonyl (C=O) groups excluding carboxylic acids is 3. The van der Waals surface area contributed by atoms with Crippen molar-refractivity contribution >= 4 is 29.0 Å². The van der Waals surface area contributed by atoms with Gasteiger partial charge in [-0.05, 0) is 19.4 Å². The Kier molecular flexibility index (Phi) is 5.37. The Labute approximate surface area is 180 Å². The zero-order valence-corrected chi connectivity index (χ0v) is 17.5. The van der Waals surface area contributed by atoms with Crippen molar-refractivity contribution in [1.82, 2.24) is 4.90 Å². The molecule has 7 heteroatoms. The van der Waals surface area contributed by atoms with Gasteiger partial charge in [0.15, 0.2) is 5.54 Å². The van der Waals surface area contributed by atoms with Crippen LogP contribution in [0.2, 0.25) is 0 Å². The summed E-state index contributed by atoms with van der Waals surface area (Å²) in [5.74, 6) is -2.42. The molecule has 160 valence electrons. The molecule has 0 unspecified atom stereocenters. The lowest BCUT2D eigenvalue weighted by atomic mass is 9.82. The summed E-state index contributed by atoms with van der Waals surface area (Å²) in [6.07, 6.45) is 0.443. The van der Waals surface area contributed by atoms with Gasteiger partial charge in [0.05, 0.1) is 11.3 Å². The summed E-state index contributed by atoms with van der Waals surface area (Å²) in [6, 6.07) is 15.6. The highest BCUT2D eigenvalue weighted by Crippen LogP contribution is 2.53. The highest BCUT2D eigenvalue weighted by atomic mass is 16.5. The van der Waals surface area contributed by atoms with E-state index in [0.717, 1.165) is 0 Å². The molecular weight excluding hydrogens is 396 g/mol. The van der Waals surface area contributed by atoms with E-state index in [4.69, 9.17) is 4.74 Å². The second-order valence-electron chi connectivity index (χ2n) is 7.50. The number of likely N-dealkylation sites (N-methyl/N-ethyl adjacent to an activating group) is 1. The van der Waals surface area contributed by atoms with Crippen molar-refractivity contribution in [3.8, 4) is 0 Å². The van der Waals surface area contributed by atoms with Gasteiger partial charge in [-0.15, -0.1) is 0 Å². The van der Waals surface area contributed by atoms with Crippen molar-refractivity contribution in [2.75, 3.05) is 31.7 Å². The number of ketones is 1. The number of hydrogen-bond donors (Lipinski definition) is 1. The van der Waals surface area contributed by atoms with Crippen LogP contribution in [-0.2, 0) is 24.7 Å². The molecule has 0 aromatic heterocycles. The number of nitrogens with zero attached hydrogens (tertiary/aromatic N) is 2. The highest BCUT2D eigenvalue weighted by Gasteiger charge is 2.66. The van der Waals surface area contributed by atoms with Crippen LogP contribution in [0.15, 0.2) is 60.2 Å². The first-order valence-corrected chi connectivity index (χ1v) is 10.3. The fraction of sp³-hybridized carbons (Fsp3) is 0.292. The summed E-state index contributed by atoms with van der Waals surface area (Å²) in [6.45, 7) is 2.71. The van der Waals surface area contributed by atoms with Gasteiger partial charge in [-0.3, -0.25) is 14.4 Å². The molecule has 7 nitrogen and oxygen atoms in total. The number of Topliss-reactive ketones (excluding diaryl/α,β-unsaturated/α-hetero) is 1. The van der Waals surface area contributed by atoms with Crippen molar-refractivity contribution in [2.24, 2.45) is 0 Å². The Morgan fingerprint density at radius 1 is 1.03 bits per heavy atom. The molecule has 1 saturated heterocycles. The van der Waals surface area contributed by atoms with Gasteiger partial charge in [0, 0.05) is 37.9 Å². The number of amides is 2. The number of likely N-dealkylation sites (tertiary alicyclic amines) is 1. The van der Waals surface area contributed by atoms with Gasteiger partial charge in [0.2, 0.25) is 0 Å². The Morgan fingerprint density at radius 2 is 1.71 bits per heavy atom. The Balaban J connectivity index is 2.03. The van der Waals surface area contributed by atoms with Gasteiger partial charge in [-0.25, -0.2) is 0 Å². The number of fused-ring (bicyclic) bond motifs is 2. The molecule has 0 saturated carbocycles. The molecule has 2 amide bonds. The molecule has 1 atom stereocenters. The van der Waals surface area contributed by atoms with Crippen LogP contribution >= 0.6 is 0 Å². The first-order chi connectivity index (χ1) is 15.0. The van der Waals surface area contributed by atoms with Gasteiger partial charge in [-0.1, -0.05) is 48.5 Å². The number of aliphatic hydroxyl groups excluding tert-OH is 1. The minimum absolute atomic E-state index is 0.140. The maximum absolute atomic E-state index is 13.9. The number of para-hydroxylation sites is 1. The first kappa shape index (κ1) is 20.8. The molecule has 2 aliphatic rings. The van der Waals surface area contributed by atoms with Crippen LogP contribution in [0.3, 0.4) is 0 Å². The van der Waals surface area contributed by atoms with Crippen molar-refractivity contribution < 1.29 is 24.2 Å². The Morgan fingerprint density at radius 3 is 2.39 bits per heavy atom. The molecule has 0 radical (unpaired) electrons. The average Bonchev–Trinajstić information content (AvgIpc) is 3.17. The molecule has 4 rings (SSSR count). The molecule has 31 heavy (non-hydrogen) atoms. The van der Waals surface area contributed by atoms with Crippen LogP contribution in [0.5, 0.6) is 0 Å². The lowest BCUT2D eigenvalue weighted by molar-refractivity contribution is -0.143. The van der Waals surface area contributed by atoms with Crippen LogP contribution in [0.1, 0.15) is 24.5 Å². The quantitative estimate of drug-likeness (QED) is 0.336. The molecule has 0 aliphatic carbocycles. The topological polar surface area (TPSA) is 87.2 Å². The van der Waals surface area contributed by atoms with Gasteiger partial charge in [-0.2, -0.15) is 0 Å². The van der Waals surface area contributed by atoms with Crippen LogP contribution in [0, 0.1) is 0 Å². The number of carbonyl (C=O) groups is 3. The highest BCUT2D eigenvalue weighted by molar-refractivity contribution is 6.50. The fourth-order valence-electron chi connectivity index (χ4n) is 4.59. The maximum Gasteiger partial charge on any atom is 0.296 e. The number of hydrogen-bond acceptors (Lipinski definition) is 5. The zero-order chi connectivity index (χ0) is 22.2. The summed E-state index contributed by atoms with van der Waals surface area (Å²) in [5.41, 5.74) is -0.357. The predicted molar refractivity (Wildman–Crippen MR) is 115 cm³/mol. The summed E-state index contributed by atoms with van der Waals surface area (Å²) in [4.78, 5) is 43.2. The normalized spacial score (nSPS) is 21.9. The summed E-state index contributed by atoms with van der Waals surface area (Å²) in [7, 11) is 1.55. The van der Waals surface area contributed by atoms with Gasteiger partial charge in [0.1, 0.15) is 5.76 Å². The molecule has 2 aromatic rings. The van der Waals surface area contributed by atoms with Crippen molar-refractivity contribution in [2.45, 2.75) is 18.9 Å². The van der Waals surface area contributed by atoms with E-state index < -0.39 is 23.1 Å². The predicted octanol–water partition coefficient (Wildman–Crippen LogP) is 2.67. The van der Waals surface area contributed by atoms with Crippen LogP contribution in [-0.4, -0.2) is 54.4 Å². The van der Waals surface area contributed by atoms with E-state index in [0.29, 0.717) is 36.4 Å². The lowest BCUT2D eigenvalue weighted by Crippen LogP contribution is -2.52. The number of ether oxygens (including phenoxy) is 1. The van der Waals surface area contributed by atoms with Crippen LogP contribution in [0.25, 0.3) is 5.76 Å². The SMILES string of the molecule is CCN1C(=O)[C@@]2(C(=C(O)c3ccccc3)C(=O)C(=O)N2CCCOC)c2ccccc21. The zero-order valence-electron chi connectivity index (χ0n) is 17.5. The second-order valence-corrected chi connectivity index (χ2v) is 7.50. The summed E-state index contributed by atoms with van der Waals surface area (Å²) < 4.78 is 5.12. The van der Waals surface area contributed by atoms with Gasteiger partial charge < -0.3 is 19.6 Å². The third-order valence-electron chi connectivity index (χ3n) is 5.90. The van der Waals surface area contributed by atoms with Crippen molar-refractivity contribution in [3.05, 3.63) is 71.3 Å². The third kappa shape index (κ3) is 2.88. The lowest BCUT2D eigenvalue weighted by Gasteiger charge is -2.34. The molecule has 2 aliphatic heterocycles. The Hall–Kier alpha value is -3.45. The van der Waals surface area contributed by atoms with E-state index in [1.807, 2.05) is 13.0 Å². The summed E-state index contributed by atoms with van der Waals surface area (Å²) >= 11 is 0. The van der Waals surface area contributed by atoms with E-state index in [2.05, 4.69) is 0 Å². The molecule has 1 N–H and O–H groups in total. The molecule has 2 aromatic carbocycles. The molecular formula is C24H24N2O5. The van der Waals surface area contributed by atoms with Crippen LogP contribution in [0.4, 0.5) is 5.69 Å². The average molecular weight is 420 g/mol. The van der Waals surface area contributed by atoms with E-state index in [9.17, 15) is 19.5 Å². The van der Waals surface area contributed by atoms with Gasteiger partial charge in [0.25, 0.3) is 17.6 Å². The van der Waals surface area contributed by atoms with E-state index in [-0.39, 0.29) is 17.9 Å². The first-order valence-electron chi connectivity index (χ1n) is 10.3. The Bertz CT molecular complexity index is 1080. The number of aliphatic hydroxyl groups is 1. The second kappa shape index (κ2) is 8.00. The monoisotopic (exact) mass is 420 g/mol. The standard InChI is InChI=1S/C24H24N2O5/c1-3-25-18-13-8-7-12-17(18)24(23(25)30)19(20(27)16-10-5-4-6-11-16)21(28)22(29)26(24)14-9-15-31-2/h4-8,10-13,27H,3,9,14-15H2,1-2H3/t24-/m0/s1. The van der Waals surface area contributed by atoms with E-state index in [1.165, 1.54) is 4.90 Å². The number of benzene rings is 2. The molecule has 1 spiro atoms. The van der Waals surface area contributed by atoms with E-state index >= 15 is 0 Å². The third-order valence-corrected chi connectivity index (χ3v) is 5.90. The number of anilines is 1. The molecule has 0 bridgehead atoms. The fourth-order valence-corrected chi connectivity index (χ4v) is 4.59. The largest absolute Gasteiger partial charge is 0.507 e. The molecule has 2 heterocycles. The van der Waals surface area contributed by atoms with Crippen LogP contribution < -0.4 is 4.90 Å². The maximum atomic E-state index is 13.9. The minimum Gasteiger partial charge on any atom is -0.507 e. The molecule has 1 fully saturated rings. The minimum atomic E-state index is -1.70. The number of methoxy groups -OCH3 is 1. The van der Waals surface area contributed by atoms with Crippen molar-refractivity contribution in [3.63, 3.8) is 0 Å². The summed E-state index contributed by atoms with van der Waals surface area (Å²) in [5, 5.41) is 11.2. The van der Waals surface area contributed by atoms with Crippen molar-refractivity contribution in [1.29, 1.82) is 0 Å². The van der Waals surface area contributed by atoms with Gasteiger partial charge >= 0.3 is 0 Å². The smallest absolute Gasteiger partial charge is 0.296 e. The number of rotatable bonds is 6.